The quantitative estimate of drug-likeness (QED) is 0.525. The summed E-state index contributed by atoms with van der Waals surface area (Å²) in [6, 6.07) is 0. The van der Waals surface area contributed by atoms with E-state index in [1.165, 1.54) is 12.3 Å². The van der Waals surface area contributed by atoms with Gasteiger partial charge in [-0.05, 0) is 6.08 Å². The van der Waals surface area contributed by atoms with Crippen LogP contribution in [0.5, 0.6) is 0 Å². The summed E-state index contributed by atoms with van der Waals surface area (Å²) in [7, 11) is 0. The van der Waals surface area contributed by atoms with E-state index in [1.54, 1.807) is 0 Å². The molecule has 6 nitrogen and oxygen atoms in total. The molecule has 0 radical (unpaired) electrons. The van der Waals surface area contributed by atoms with Crippen molar-refractivity contribution in [3.05, 3.63) is 35.1 Å². The molecule has 6 heteroatoms. The van der Waals surface area contributed by atoms with Crippen molar-refractivity contribution < 1.29 is 24.8 Å². The molecule has 3 rings (SSSR count). The molecule has 0 aromatic rings. The van der Waals surface area contributed by atoms with E-state index >= 15 is 0 Å². The summed E-state index contributed by atoms with van der Waals surface area (Å²) in [4.78, 5) is 3.75. The number of ether oxygens (including phenoxy) is 2. The Morgan fingerprint density at radius 3 is 3.06 bits per heavy atom. The van der Waals surface area contributed by atoms with Crippen molar-refractivity contribution >= 4 is 6.21 Å². The predicted molar refractivity (Wildman–Crippen MR) is 52.3 cm³/mol. The lowest BCUT2D eigenvalue weighted by atomic mass is 9.80. The Bertz CT molecular complexity index is 476. The van der Waals surface area contributed by atoms with Crippen molar-refractivity contribution in [3.63, 3.8) is 0 Å². The number of hydrogen-bond acceptors (Lipinski definition) is 6. The van der Waals surface area contributed by atoms with Gasteiger partial charge in [-0.2, -0.15) is 0 Å². The minimum atomic E-state index is -1.89. The third-order valence-electron chi connectivity index (χ3n) is 2.82. The van der Waals surface area contributed by atoms with E-state index in [4.69, 9.17) is 9.47 Å². The summed E-state index contributed by atoms with van der Waals surface area (Å²) in [5, 5.41) is 29.7. The van der Waals surface area contributed by atoms with Crippen molar-refractivity contribution in [2.75, 3.05) is 6.79 Å². The first-order chi connectivity index (χ1) is 7.64. The summed E-state index contributed by atoms with van der Waals surface area (Å²) in [6.45, 7) is 0.0196. The van der Waals surface area contributed by atoms with Gasteiger partial charge in [0.1, 0.15) is 11.9 Å². The van der Waals surface area contributed by atoms with Gasteiger partial charge in [0.05, 0.1) is 11.8 Å². The molecule has 16 heavy (non-hydrogen) atoms. The fraction of sp³-hybridized carbons (Fsp3) is 0.300. The molecule has 3 N–H and O–H groups in total. The number of nitrogens with zero attached hydrogens (tertiary/aromatic N) is 1. The normalized spacial score (nSPS) is 35.8. The second-order valence-corrected chi connectivity index (χ2v) is 3.68. The maximum atomic E-state index is 10.3. The summed E-state index contributed by atoms with van der Waals surface area (Å²) < 4.78 is 10.3. The molecule has 0 amide bonds. The van der Waals surface area contributed by atoms with Gasteiger partial charge in [0, 0.05) is 6.21 Å². The smallest absolute Gasteiger partial charge is 0.231 e. The van der Waals surface area contributed by atoms with Crippen LogP contribution in [0.4, 0.5) is 0 Å². The summed E-state index contributed by atoms with van der Waals surface area (Å²) in [5.74, 6) is 0.236. The number of aliphatic hydroxyl groups excluding tert-OH is 2. The van der Waals surface area contributed by atoms with E-state index in [0.29, 0.717) is 11.5 Å². The minimum Gasteiger partial charge on any atom is -0.507 e. The molecule has 0 aromatic heterocycles. The maximum absolute atomic E-state index is 10.3. The predicted octanol–water partition coefficient (Wildman–Crippen LogP) is -0.282. The number of aliphatic imine (C=N–C) groups is 1. The Kier molecular flexibility index (Phi) is 1.69. The second kappa shape index (κ2) is 2.87. The lowest BCUT2D eigenvalue weighted by molar-refractivity contribution is -0.0241. The van der Waals surface area contributed by atoms with Gasteiger partial charge in [-0.3, -0.25) is 4.99 Å². The van der Waals surface area contributed by atoms with Crippen LogP contribution in [0.3, 0.4) is 0 Å². The van der Waals surface area contributed by atoms with Gasteiger partial charge in [-0.15, -0.1) is 0 Å². The lowest BCUT2D eigenvalue weighted by Gasteiger charge is -2.35. The Morgan fingerprint density at radius 2 is 2.25 bits per heavy atom. The van der Waals surface area contributed by atoms with Crippen LogP contribution in [0.15, 0.2) is 40.1 Å². The molecule has 2 aliphatic heterocycles. The van der Waals surface area contributed by atoms with E-state index in [9.17, 15) is 15.3 Å². The SMILES string of the molecule is OC1=CN=CC2=C3OCOC3=CC(O)C12O. The zero-order chi connectivity index (χ0) is 11.3. The minimum absolute atomic E-state index is 0.0196. The molecule has 3 aliphatic rings. The third-order valence-corrected chi connectivity index (χ3v) is 2.82. The Hall–Kier alpha value is -1.79. The Labute approximate surface area is 90.4 Å². The highest BCUT2D eigenvalue weighted by Gasteiger charge is 2.50. The Balaban J connectivity index is 2.23. The highest BCUT2D eigenvalue weighted by molar-refractivity contribution is 5.87. The summed E-state index contributed by atoms with van der Waals surface area (Å²) in [5.41, 5.74) is -1.69. The van der Waals surface area contributed by atoms with Crippen LogP contribution < -0.4 is 0 Å². The molecular weight excluding hydrogens is 214 g/mol. The third kappa shape index (κ3) is 0.949. The molecule has 1 aliphatic carbocycles. The van der Waals surface area contributed by atoms with Crippen molar-refractivity contribution in [2.45, 2.75) is 11.7 Å². The zero-order valence-electron chi connectivity index (χ0n) is 8.12. The standard InChI is InChI=1S/C10H9NO5/c12-7-1-6-9(16-4-15-6)5-2-11-3-8(13)10(5,7)14/h1-3,7,12-14H,4H2. The first-order valence-electron chi connectivity index (χ1n) is 4.70. The van der Waals surface area contributed by atoms with Crippen LogP contribution in [0.25, 0.3) is 0 Å². The molecule has 1 saturated heterocycles. The van der Waals surface area contributed by atoms with Gasteiger partial charge < -0.3 is 24.8 Å². The average Bonchev–Trinajstić information content (AvgIpc) is 2.69. The highest BCUT2D eigenvalue weighted by atomic mass is 16.7. The van der Waals surface area contributed by atoms with Gasteiger partial charge in [-0.1, -0.05) is 0 Å². The van der Waals surface area contributed by atoms with Crippen molar-refractivity contribution in [2.24, 2.45) is 4.99 Å². The molecular formula is C10H9NO5. The van der Waals surface area contributed by atoms with Crippen LogP contribution in [-0.4, -0.2) is 40.0 Å². The van der Waals surface area contributed by atoms with Crippen LogP contribution >= 0.6 is 0 Å². The number of rotatable bonds is 0. The van der Waals surface area contributed by atoms with Gasteiger partial charge in [-0.25, -0.2) is 0 Å². The van der Waals surface area contributed by atoms with Gasteiger partial charge in [0.25, 0.3) is 0 Å². The van der Waals surface area contributed by atoms with E-state index in [2.05, 4.69) is 4.99 Å². The second-order valence-electron chi connectivity index (χ2n) is 3.68. The Morgan fingerprint density at radius 1 is 1.44 bits per heavy atom. The molecule has 0 aromatic carbocycles. The van der Waals surface area contributed by atoms with Crippen LogP contribution in [0.2, 0.25) is 0 Å². The zero-order valence-corrected chi connectivity index (χ0v) is 8.12. The molecule has 0 saturated carbocycles. The molecule has 2 unspecified atom stereocenters. The monoisotopic (exact) mass is 223 g/mol. The van der Waals surface area contributed by atoms with Crippen LogP contribution in [0.1, 0.15) is 0 Å². The fourth-order valence-electron chi connectivity index (χ4n) is 1.95. The van der Waals surface area contributed by atoms with Gasteiger partial charge in [0.15, 0.2) is 17.1 Å². The average molecular weight is 223 g/mol. The van der Waals surface area contributed by atoms with E-state index in [0.717, 1.165) is 6.20 Å². The van der Waals surface area contributed by atoms with Gasteiger partial charge in [0.2, 0.25) is 6.79 Å². The van der Waals surface area contributed by atoms with Crippen molar-refractivity contribution in [1.82, 2.24) is 0 Å². The molecule has 84 valence electrons. The topological polar surface area (TPSA) is 91.5 Å². The summed E-state index contributed by atoms with van der Waals surface area (Å²) in [6.07, 6.45) is 2.42. The number of hydrogen-bond donors (Lipinski definition) is 3. The molecule has 2 atom stereocenters. The van der Waals surface area contributed by atoms with Crippen LogP contribution in [0, 0.1) is 0 Å². The maximum Gasteiger partial charge on any atom is 0.231 e. The van der Waals surface area contributed by atoms with Crippen molar-refractivity contribution in [1.29, 1.82) is 0 Å². The molecule has 1 fully saturated rings. The van der Waals surface area contributed by atoms with E-state index in [-0.39, 0.29) is 12.4 Å². The number of fused-ring (bicyclic) bond motifs is 2. The lowest BCUT2D eigenvalue weighted by Crippen LogP contribution is -2.49. The van der Waals surface area contributed by atoms with Crippen LogP contribution in [-0.2, 0) is 9.47 Å². The first kappa shape index (κ1) is 9.44. The van der Waals surface area contributed by atoms with E-state index in [1.807, 2.05) is 0 Å². The molecule has 0 spiro atoms. The van der Waals surface area contributed by atoms with Gasteiger partial charge >= 0.3 is 0 Å². The first-order valence-corrected chi connectivity index (χ1v) is 4.70. The van der Waals surface area contributed by atoms with E-state index < -0.39 is 17.5 Å². The van der Waals surface area contributed by atoms with Crippen molar-refractivity contribution in [3.8, 4) is 0 Å². The summed E-state index contributed by atoms with van der Waals surface area (Å²) >= 11 is 0. The molecule has 2 heterocycles. The molecule has 0 bridgehead atoms. The fourth-order valence-corrected chi connectivity index (χ4v) is 1.95. The number of aliphatic hydroxyl groups is 3. The largest absolute Gasteiger partial charge is 0.507 e. The highest BCUT2D eigenvalue weighted by Crippen LogP contribution is 2.41.